The average Bonchev–Trinajstić information content (AvgIpc) is 3.43. The molecule has 12 nitrogen and oxygen atoms in total. The van der Waals surface area contributed by atoms with E-state index >= 15 is 0 Å². The summed E-state index contributed by atoms with van der Waals surface area (Å²) in [7, 11) is 1.70. The van der Waals surface area contributed by atoms with Gasteiger partial charge in [0.1, 0.15) is 6.10 Å². The summed E-state index contributed by atoms with van der Waals surface area (Å²) in [4.78, 5) is 55.3. The van der Waals surface area contributed by atoms with Crippen molar-refractivity contribution in [1.82, 2.24) is 24.7 Å². The molecule has 0 unspecified atom stereocenters. The highest BCUT2D eigenvalue weighted by Crippen LogP contribution is 2.33. The van der Waals surface area contributed by atoms with E-state index in [1.807, 2.05) is 32.0 Å². The van der Waals surface area contributed by atoms with Gasteiger partial charge in [-0.15, -0.1) is 11.3 Å². The number of pyridine rings is 1. The second-order valence-electron chi connectivity index (χ2n) is 16.0. The van der Waals surface area contributed by atoms with Crippen molar-refractivity contribution < 1.29 is 29.7 Å². The van der Waals surface area contributed by atoms with E-state index < -0.39 is 23.9 Å². The summed E-state index contributed by atoms with van der Waals surface area (Å²) in [6.45, 7) is 4.29. The number of likely N-dealkylation sites (N-methyl/N-ethyl adjacent to an activating group) is 1. The Bertz CT molecular complexity index is 1410. The van der Waals surface area contributed by atoms with Crippen molar-refractivity contribution >= 4 is 34.2 Å². The van der Waals surface area contributed by atoms with E-state index in [0.717, 1.165) is 63.5 Å². The lowest BCUT2D eigenvalue weighted by Crippen LogP contribution is -2.52. The minimum Gasteiger partial charge on any atom is -0.390 e. The predicted molar refractivity (Wildman–Crippen MR) is 208 cm³/mol. The van der Waals surface area contributed by atoms with Crippen molar-refractivity contribution in [2.45, 2.75) is 147 Å². The van der Waals surface area contributed by atoms with E-state index in [1.54, 1.807) is 28.4 Å². The molecule has 2 aromatic heterocycles. The SMILES string of the molecule is CC(C)C[C@H](O)[C@H](O)[C@H](CC1CCCCC1)N(Cc1csc(N)n1)C(=O)CCC(=O)N(CC(=O)N(C)CCc1ccccn1)CC1(O)CCCCCC1. The second-order valence-corrected chi connectivity index (χ2v) is 16.9. The first-order valence-corrected chi connectivity index (χ1v) is 20.7. The van der Waals surface area contributed by atoms with Gasteiger partial charge in [-0.1, -0.05) is 77.7 Å². The first-order valence-electron chi connectivity index (χ1n) is 19.8. The van der Waals surface area contributed by atoms with E-state index in [4.69, 9.17) is 5.73 Å². The Morgan fingerprint density at radius 3 is 2.26 bits per heavy atom. The molecule has 53 heavy (non-hydrogen) atoms. The molecule has 2 saturated carbocycles. The highest BCUT2D eigenvalue weighted by molar-refractivity contribution is 7.13. The highest BCUT2D eigenvalue weighted by Gasteiger charge is 2.38. The first kappa shape index (κ1) is 42.6. The minimum absolute atomic E-state index is 0.0199. The van der Waals surface area contributed by atoms with Crippen molar-refractivity contribution in [2.75, 3.05) is 32.4 Å². The van der Waals surface area contributed by atoms with Crippen LogP contribution >= 0.6 is 11.3 Å². The monoisotopic (exact) mass is 756 g/mol. The van der Waals surface area contributed by atoms with Crippen LogP contribution in [0.25, 0.3) is 0 Å². The topological polar surface area (TPSA) is 173 Å². The summed E-state index contributed by atoms with van der Waals surface area (Å²) < 4.78 is 0. The Labute approximate surface area is 320 Å². The first-order chi connectivity index (χ1) is 25.3. The fraction of sp³-hybridized carbons (Fsp3) is 0.725. The lowest BCUT2D eigenvalue weighted by molar-refractivity contribution is -0.146. The molecule has 0 aliphatic heterocycles. The van der Waals surface area contributed by atoms with Crippen LogP contribution in [0.1, 0.15) is 122 Å². The maximum atomic E-state index is 14.3. The zero-order valence-electron chi connectivity index (χ0n) is 32.2. The van der Waals surface area contributed by atoms with Crippen molar-refractivity contribution in [3.05, 3.63) is 41.2 Å². The normalized spacial score (nSPS) is 18.2. The number of aliphatic hydroxyl groups is 3. The van der Waals surface area contributed by atoms with Crippen LogP contribution in [0.2, 0.25) is 0 Å². The van der Waals surface area contributed by atoms with Crippen LogP contribution < -0.4 is 5.73 Å². The van der Waals surface area contributed by atoms with Gasteiger partial charge in [-0.2, -0.15) is 0 Å². The average molecular weight is 757 g/mol. The molecule has 0 bridgehead atoms. The maximum Gasteiger partial charge on any atom is 0.241 e. The fourth-order valence-corrected chi connectivity index (χ4v) is 8.49. The molecule has 0 radical (unpaired) electrons. The number of amides is 3. The largest absolute Gasteiger partial charge is 0.390 e. The lowest BCUT2D eigenvalue weighted by atomic mass is 9.81. The number of anilines is 1. The Morgan fingerprint density at radius 2 is 1.64 bits per heavy atom. The Balaban J connectivity index is 1.53. The van der Waals surface area contributed by atoms with E-state index in [2.05, 4.69) is 9.97 Å². The van der Waals surface area contributed by atoms with Gasteiger partial charge in [-0.3, -0.25) is 19.4 Å². The van der Waals surface area contributed by atoms with Gasteiger partial charge >= 0.3 is 0 Å². The Morgan fingerprint density at radius 1 is 0.962 bits per heavy atom. The summed E-state index contributed by atoms with van der Waals surface area (Å²) in [6.07, 6.45) is 10.8. The van der Waals surface area contributed by atoms with Crippen molar-refractivity contribution in [3.63, 3.8) is 0 Å². The van der Waals surface area contributed by atoms with E-state index in [-0.39, 0.29) is 56.1 Å². The number of nitrogen functional groups attached to an aromatic ring is 1. The van der Waals surface area contributed by atoms with E-state index in [9.17, 15) is 29.7 Å². The maximum absolute atomic E-state index is 14.3. The number of thiazole rings is 1. The van der Waals surface area contributed by atoms with Crippen LogP contribution in [0, 0.1) is 11.8 Å². The van der Waals surface area contributed by atoms with Crippen LogP contribution in [0.15, 0.2) is 29.8 Å². The van der Waals surface area contributed by atoms with Gasteiger partial charge in [0.2, 0.25) is 17.7 Å². The van der Waals surface area contributed by atoms with Crippen LogP contribution in [-0.2, 0) is 27.3 Å². The van der Waals surface area contributed by atoms with Crippen LogP contribution in [0.3, 0.4) is 0 Å². The molecule has 13 heteroatoms. The van der Waals surface area contributed by atoms with Gasteiger partial charge in [0, 0.05) is 56.7 Å². The zero-order chi connectivity index (χ0) is 38.4. The molecule has 2 fully saturated rings. The molecule has 2 aliphatic carbocycles. The van der Waals surface area contributed by atoms with Gasteiger partial charge < -0.3 is 35.8 Å². The number of rotatable bonds is 19. The van der Waals surface area contributed by atoms with Crippen molar-refractivity contribution in [2.24, 2.45) is 11.8 Å². The van der Waals surface area contributed by atoms with E-state index in [1.165, 1.54) is 16.2 Å². The number of nitrogens with two attached hydrogens (primary N) is 1. The number of hydrogen-bond donors (Lipinski definition) is 4. The predicted octanol–water partition coefficient (Wildman–Crippen LogP) is 4.95. The summed E-state index contributed by atoms with van der Waals surface area (Å²) in [6, 6.07) is 4.96. The standard InChI is InChI=1S/C40H64N6O6S/c1-29(2)23-34(47)38(51)33(24-30-13-7-6-8-14-30)46(25-32-27-53-39(41)43-32)36(49)17-16-35(48)45(28-40(52)19-10-4-5-11-20-40)26-37(50)44(3)22-18-31-15-9-12-21-42-31/h9,12,15,21,27,29-30,33-34,38,47,51-52H,4-8,10-11,13-14,16-20,22-26,28H2,1-3H3,(H2,41,43)/t33-,34-,38+/m0/s1. The number of carbonyl (C=O) groups excluding carboxylic acids is 3. The third-order valence-electron chi connectivity index (χ3n) is 11.0. The van der Waals surface area contributed by atoms with Gasteiger partial charge in [0.15, 0.2) is 5.13 Å². The van der Waals surface area contributed by atoms with Crippen LogP contribution in [0.4, 0.5) is 5.13 Å². The lowest BCUT2D eigenvalue weighted by Gasteiger charge is -2.39. The van der Waals surface area contributed by atoms with Gasteiger partial charge in [0.05, 0.1) is 36.5 Å². The molecule has 296 valence electrons. The molecular weight excluding hydrogens is 693 g/mol. The number of nitrogens with zero attached hydrogens (tertiary/aromatic N) is 5. The van der Waals surface area contributed by atoms with Crippen molar-refractivity contribution in [1.29, 1.82) is 0 Å². The smallest absolute Gasteiger partial charge is 0.241 e. The van der Waals surface area contributed by atoms with Gasteiger partial charge in [-0.05, 0) is 49.7 Å². The van der Waals surface area contributed by atoms with Crippen LogP contribution in [0.5, 0.6) is 0 Å². The van der Waals surface area contributed by atoms with Gasteiger partial charge in [0.25, 0.3) is 0 Å². The highest BCUT2D eigenvalue weighted by atomic mass is 32.1. The quantitative estimate of drug-likeness (QED) is 0.145. The fourth-order valence-electron chi connectivity index (χ4n) is 7.94. The summed E-state index contributed by atoms with van der Waals surface area (Å²) in [5.41, 5.74) is 6.30. The summed E-state index contributed by atoms with van der Waals surface area (Å²) in [5.74, 6) is -0.543. The number of hydrogen-bond acceptors (Lipinski definition) is 10. The zero-order valence-corrected chi connectivity index (χ0v) is 33.0. The molecule has 2 heterocycles. The number of aliphatic hydroxyl groups excluding tert-OH is 2. The minimum atomic E-state index is -1.19. The molecule has 5 N–H and O–H groups in total. The molecule has 2 aliphatic rings. The van der Waals surface area contributed by atoms with Crippen molar-refractivity contribution in [3.8, 4) is 0 Å². The number of carbonyl (C=O) groups is 3. The summed E-state index contributed by atoms with van der Waals surface area (Å²) in [5, 5.41) is 36.7. The van der Waals surface area contributed by atoms with E-state index in [0.29, 0.717) is 55.4 Å². The third-order valence-corrected chi connectivity index (χ3v) is 11.8. The number of aromatic nitrogens is 2. The Hall–Kier alpha value is -3.13. The molecule has 2 aromatic rings. The third kappa shape index (κ3) is 13.9. The molecule has 3 amide bonds. The van der Waals surface area contributed by atoms with Gasteiger partial charge in [-0.25, -0.2) is 4.98 Å². The Kier molecular flexibility index (Phi) is 17.0. The molecular formula is C40H64N6O6S. The molecule has 3 atom stereocenters. The van der Waals surface area contributed by atoms with Crippen LogP contribution in [-0.4, -0.2) is 108 Å². The summed E-state index contributed by atoms with van der Waals surface area (Å²) >= 11 is 1.27. The molecule has 4 rings (SSSR count). The second kappa shape index (κ2) is 21.1. The molecule has 0 saturated heterocycles. The molecule has 0 aromatic carbocycles. The molecule has 0 spiro atoms.